The van der Waals surface area contributed by atoms with Crippen LogP contribution in [0.25, 0.3) is 11.6 Å². The third-order valence-corrected chi connectivity index (χ3v) is 4.24. The van der Waals surface area contributed by atoms with Gasteiger partial charge in [-0.3, -0.25) is 4.90 Å². The van der Waals surface area contributed by atoms with Crippen molar-refractivity contribution in [2.75, 3.05) is 19.6 Å². The molecule has 2 aliphatic heterocycles. The molecule has 0 unspecified atom stereocenters. The number of rotatable bonds is 3. The summed E-state index contributed by atoms with van der Waals surface area (Å²) in [4.78, 5) is 6.80. The molecule has 106 valence electrons. The Balaban J connectivity index is 1.42. The van der Waals surface area contributed by atoms with Crippen LogP contribution in [0.1, 0.15) is 18.7 Å². The minimum absolute atomic E-state index is 0.528. The lowest BCUT2D eigenvalue weighted by atomic mass is 9.94. The highest BCUT2D eigenvalue weighted by Gasteiger charge is 2.34. The summed E-state index contributed by atoms with van der Waals surface area (Å²) in [5.74, 6) is 2.61. The molecule has 1 N–H and O–H groups in total. The van der Waals surface area contributed by atoms with Gasteiger partial charge in [-0.2, -0.15) is 4.98 Å². The molecule has 0 aromatic carbocycles. The number of nitrogens with zero attached hydrogens (tertiary/aromatic N) is 3. The fourth-order valence-corrected chi connectivity index (χ4v) is 3.28. The van der Waals surface area contributed by atoms with Crippen LogP contribution in [0.15, 0.2) is 27.3 Å². The molecule has 0 saturated carbocycles. The Labute approximate surface area is 117 Å². The normalized spacial score (nSPS) is 26.8. The molecule has 2 fully saturated rings. The number of hydrogen-bond acceptors (Lipinski definition) is 6. The van der Waals surface area contributed by atoms with E-state index in [0.717, 1.165) is 32.1 Å². The number of furan rings is 1. The van der Waals surface area contributed by atoms with Crippen LogP contribution in [0, 0.1) is 5.92 Å². The van der Waals surface area contributed by atoms with Crippen LogP contribution < -0.4 is 5.32 Å². The SMILES string of the molecule is c1coc(-c2noc(CN3C[C@@H]4CCCN[C@@H]4C3)n2)c1. The van der Waals surface area contributed by atoms with Gasteiger partial charge in [-0.15, -0.1) is 0 Å². The van der Waals surface area contributed by atoms with Crippen molar-refractivity contribution in [3.05, 3.63) is 24.3 Å². The smallest absolute Gasteiger partial charge is 0.241 e. The van der Waals surface area contributed by atoms with Gasteiger partial charge in [-0.1, -0.05) is 5.16 Å². The molecule has 2 aromatic heterocycles. The predicted octanol–water partition coefficient (Wildman–Crippen LogP) is 1.51. The van der Waals surface area contributed by atoms with Gasteiger partial charge in [0.2, 0.25) is 11.7 Å². The van der Waals surface area contributed by atoms with E-state index in [-0.39, 0.29) is 0 Å². The van der Waals surface area contributed by atoms with E-state index in [0.29, 0.717) is 23.5 Å². The summed E-state index contributed by atoms with van der Waals surface area (Å²) in [6.07, 6.45) is 4.23. The number of hydrogen-bond donors (Lipinski definition) is 1. The van der Waals surface area contributed by atoms with Crippen LogP contribution >= 0.6 is 0 Å². The van der Waals surface area contributed by atoms with Crippen LogP contribution in [-0.2, 0) is 6.54 Å². The summed E-state index contributed by atoms with van der Waals surface area (Å²) in [7, 11) is 0. The average Bonchev–Trinajstić information content (AvgIpc) is 3.18. The summed E-state index contributed by atoms with van der Waals surface area (Å²) in [5, 5.41) is 7.57. The van der Waals surface area contributed by atoms with Gasteiger partial charge in [0, 0.05) is 19.1 Å². The number of nitrogens with one attached hydrogen (secondary N) is 1. The Morgan fingerprint density at radius 2 is 2.40 bits per heavy atom. The van der Waals surface area contributed by atoms with Crippen molar-refractivity contribution in [2.24, 2.45) is 5.92 Å². The van der Waals surface area contributed by atoms with Crippen LogP contribution in [0.5, 0.6) is 0 Å². The fraction of sp³-hybridized carbons (Fsp3) is 0.571. The summed E-state index contributed by atoms with van der Waals surface area (Å²) in [6, 6.07) is 4.29. The lowest BCUT2D eigenvalue weighted by molar-refractivity contribution is 0.259. The minimum atomic E-state index is 0.528. The monoisotopic (exact) mass is 274 g/mol. The van der Waals surface area contributed by atoms with Crippen LogP contribution in [0.4, 0.5) is 0 Å². The van der Waals surface area contributed by atoms with E-state index < -0.39 is 0 Å². The Morgan fingerprint density at radius 1 is 1.40 bits per heavy atom. The Kier molecular flexibility index (Phi) is 3.05. The first kappa shape index (κ1) is 12.1. The van der Waals surface area contributed by atoms with Gasteiger partial charge < -0.3 is 14.3 Å². The topological polar surface area (TPSA) is 67.3 Å². The van der Waals surface area contributed by atoms with Gasteiger partial charge >= 0.3 is 0 Å². The summed E-state index contributed by atoms with van der Waals surface area (Å²) in [5.41, 5.74) is 0. The Morgan fingerprint density at radius 3 is 3.25 bits per heavy atom. The first-order chi connectivity index (χ1) is 9.88. The van der Waals surface area contributed by atoms with E-state index in [2.05, 4.69) is 20.4 Å². The molecule has 6 heteroatoms. The number of fused-ring (bicyclic) bond motifs is 1. The van der Waals surface area contributed by atoms with Gasteiger partial charge in [0.05, 0.1) is 12.8 Å². The molecule has 2 atom stereocenters. The van der Waals surface area contributed by atoms with Gasteiger partial charge in [0.25, 0.3) is 0 Å². The van der Waals surface area contributed by atoms with Crippen molar-refractivity contribution in [1.29, 1.82) is 0 Å². The summed E-state index contributed by atoms with van der Waals surface area (Å²) in [6.45, 7) is 4.07. The maximum Gasteiger partial charge on any atom is 0.241 e. The van der Waals surface area contributed by atoms with Crippen molar-refractivity contribution < 1.29 is 8.94 Å². The fourth-order valence-electron chi connectivity index (χ4n) is 3.28. The van der Waals surface area contributed by atoms with Gasteiger partial charge in [-0.25, -0.2) is 0 Å². The van der Waals surface area contributed by atoms with Gasteiger partial charge in [0.15, 0.2) is 5.76 Å². The van der Waals surface area contributed by atoms with E-state index in [1.54, 1.807) is 6.26 Å². The van der Waals surface area contributed by atoms with E-state index in [1.165, 1.54) is 12.8 Å². The third-order valence-electron chi connectivity index (χ3n) is 4.24. The van der Waals surface area contributed by atoms with Gasteiger partial charge in [-0.05, 0) is 37.4 Å². The van der Waals surface area contributed by atoms with Gasteiger partial charge in [0.1, 0.15) is 0 Å². The average molecular weight is 274 g/mol. The zero-order valence-corrected chi connectivity index (χ0v) is 11.3. The van der Waals surface area contributed by atoms with Crippen molar-refractivity contribution in [3.8, 4) is 11.6 Å². The molecule has 0 amide bonds. The molecule has 20 heavy (non-hydrogen) atoms. The second-order valence-electron chi connectivity index (χ2n) is 5.65. The lowest BCUT2D eigenvalue weighted by Crippen LogP contribution is -2.40. The highest BCUT2D eigenvalue weighted by atomic mass is 16.5. The lowest BCUT2D eigenvalue weighted by Gasteiger charge is -2.24. The van der Waals surface area contributed by atoms with E-state index in [1.807, 2.05) is 12.1 Å². The third kappa shape index (κ3) is 2.25. The molecule has 4 heterocycles. The molecule has 0 spiro atoms. The van der Waals surface area contributed by atoms with Crippen molar-refractivity contribution >= 4 is 0 Å². The van der Waals surface area contributed by atoms with E-state index in [9.17, 15) is 0 Å². The van der Waals surface area contributed by atoms with Crippen LogP contribution in [0.2, 0.25) is 0 Å². The molecule has 2 aliphatic rings. The maximum atomic E-state index is 5.32. The first-order valence-electron chi connectivity index (χ1n) is 7.21. The quantitative estimate of drug-likeness (QED) is 0.915. The molecule has 2 aromatic rings. The Bertz CT molecular complexity index is 552. The highest BCUT2D eigenvalue weighted by Crippen LogP contribution is 2.26. The largest absolute Gasteiger partial charge is 0.461 e. The molecule has 0 radical (unpaired) electrons. The summed E-state index contributed by atoms with van der Waals surface area (Å²) < 4.78 is 10.6. The molecule has 2 saturated heterocycles. The molecule has 0 bridgehead atoms. The van der Waals surface area contributed by atoms with Crippen LogP contribution in [-0.4, -0.2) is 40.7 Å². The van der Waals surface area contributed by atoms with Crippen molar-refractivity contribution in [1.82, 2.24) is 20.4 Å². The second kappa shape index (κ2) is 5.03. The second-order valence-corrected chi connectivity index (χ2v) is 5.65. The Hall–Kier alpha value is -1.66. The van der Waals surface area contributed by atoms with Crippen molar-refractivity contribution in [3.63, 3.8) is 0 Å². The number of aromatic nitrogens is 2. The van der Waals surface area contributed by atoms with Crippen molar-refractivity contribution in [2.45, 2.75) is 25.4 Å². The molecular formula is C14H18N4O2. The zero-order valence-electron chi connectivity index (χ0n) is 11.3. The molecular weight excluding hydrogens is 256 g/mol. The highest BCUT2D eigenvalue weighted by molar-refractivity contribution is 5.44. The number of likely N-dealkylation sites (tertiary alicyclic amines) is 1. The molecule has 0 aliphatic carbocycles. The number of piperidine rings is 1. The molecule has 6 nitrogen and oxygen atoms in total. The molecule has 4 rings (SSSR count). The van der Waals surface area contributed by atoms with Crippen LogP contribution in [0.3, 0.4) is 0 Å². The van der Waals surface area contributed by atoms with E-state index in [4.69, 9.17) is 8.94 Å². The van der Waals surface area contributed by atoms with E-state index >= 15 is 0 Å². The standard InChI is InChI=1S/C14H18N4O2/c1-3-10-7-18(8-11(10)15-5-1)9-13-16-14(17-20-13)12-4-2-6-19-12/h2,4,6,10-11,15H,1,3,5,7-9H2/t10-,11+/m0/s1. The maximum absolute atomic E-state index is 5.32. The first-order valence-corrected chi connectivity index (χ1v) is 7.21. The minimum Gasteiger partial charge on any atom is -0.461 e. The zero-order chi connectivity index (χ0) is 13.4. The predicted molar refractivity (Wildman–Crippen MR) is 71.8 cm³/mol. The summed E-state index contributed by atoms with van der Waals surface area (Å²) >= 11 is 0.